The van der Waals surface area contributed by atoms with Crippen molar-refractivity contribution in [1.82, 2.24) is 4.90 Å². The third-order valence-electron chi connectivity index (χ3n) is 5.42. The molecule has 2 heterocycles. The van der Waals surface area contributed by atoms with E-state index in [1.54, 1.807) is 11.1 Å². The van der Waals surface area contributed by atoms with Crippen molar-refractivity contribution in [3.8, 4) is 11.5 Å². The fraction of sp³-hybridized carbons (Fsp3) is 0.333. The normalized spacial score (nSPS) is 19.0. The second-order valence-corrected chi connectivity index (χ2v) is 7.66. The fourth-order valence-corrected chi connectivity index (χ4v) is 4.10. The molecule has 0 aliphatic carbocycles. The third-order valence-corrected chi connectivity index (χ3v) is 5.42. The molecule has 0 unspecified atom stereocenters. The molecule has 2 aliphatic rings. The van der Waals surface area contributed by atoms with Crippen LogP contribution in [-0.2, 0) is 16.0 Å². The van der Waals surface area contributed by atoms with Crippen LogP contribution in [0.2, 0.25) is 0 Å². The molecule has 30 heavy (non-hydrogen) atoms. The first-order valence-corrected chi connectivity index (χ1v) is 10.3. The molecule has 6 heteroatoms. The first kappa shape index (κ1) is 20.0. The SMILES string of the molecule is CCOc1cc2c(cc1NC(=O)C[C@H]1c3ccccc3C=CN1C(C)=O)O[C@H](C)C2. The number of nitrogens with zero attached hydrogens (tertiary/aromatic N) is 1. The summed E-state index contributed by atoms with van der Waals surface area (Å²) in [6.07, 6.45) is 4.72. The lowest BCUT2D eigenvalue weighted by Crippen LogP contribution is -2.33. The van der Waals surface area contributed by atoms with E-state index in [1.807, 2.05) is 56.3 Å². The lowest BCUT2D eigenvalue weighted by Gasteiger charge is -2.32. The Bertz CT molecular complexity index is 1010. The first-order valence-electron chi connectivity index (χ1n) is 10.3. The molecule has 2 aliphatic heterocycles. The first-order chi connectivity index (χ1) is 14.5. The van der Waals surface area contributed by atoms with Crippen molar-refractivity contribution in [2.24, 2.45) is 0 Å². The van der Waals surface area contributed by atoms with Crippen LogP contribution in [0.3, 0.4) is 0 Å². The topological polar surface area (TPSA) is 67.9 Å². The van der Waals surface area contributed by atoms with E-state index in [2.05, 4.69) is 5.32 Å². The number of benzene rings is 2. The second-order valence-electron chi connectivity index (χ2n) is 7.66. The van der Waals surface area contributed by atoms with Crippen LogP contribution >= 0.6 is 0 Å². The number of hydrogen-bond acceptors (Lipinski definition) is 4. The van der Waals surface area contributed by atoms with E-state index in [1.165, 1.54) is 6.92 Å². The van der Waals surface area contributed by atoms with Gasteiger partial charge in [0.05, 0.1) is 24.8 Å². The predicted octanol–water partition coefficient (Wildman–Crippen LogP) is 4.31. The highest BCUT2D eigenvalue weighted by Gasteiger charge is 2.29. The Morgan fingerprint density at radius 3 is 2.83 bits per heavy atom. The van der Waals surface area contributed by atoms with Gasteiger partial charge in [-0.2, -0.15) is 0 Å². The number of carbonyl (C=O) groups excluding carboxylic acids is 2. The molecule has 156 valence electrons. The predicted molar refractivity (Wildman–Crippen MR) is 115 cm³/mol. The van der Waals surface area contributed by atoms with Crippen LogP contribution < -0.4 is 14.8 Å². The van der Waals surface area contributed by atoms with Gasteiger partial charge in [0.1, 0.15) is 17.6 Å². The number of rotatable bonds is 5. The molecule has 0 saturated heterocycles. The molecule has 2 atom stereocenters. The summed E-state index contributed by atoms with van der Waals surface area (Å²) >= 11 is 0. The minimum atomic E-state index is -0.357. The highest BCUT2D eigenvalue weighted by Crippen LogP contribution is 2.39. The van der Waals surface area contributed by atoms with Crippen LogP contribution in [0.1, 0.15) is 49.9 Å². The van der Waals surface area contributed by atoms with Crippen molar-refractivity contribution in [3.05, 3.63) is 59.3 Å². The summed E-state index contributed by atoms with van der Waals surface area (Å²) in [5.74, 6) is 1.11. The minimum Gasteiger partial charge on any atom is -0.492 e. The van der Waals surface area contributed by atoms with Gasteiger partial charge in [-0.05, 0) is 37.1 Å². The molecule has 0 saturated carbocycles. The Labute approximate surface area is 176 Å². The van der Waals surface area contributed by atoms with Gasteiger partial charge in [-0.15, -0.1) is 0 Å². The Hall–Kier alpha value is -3.28. The smallest absolute Gasteiger partial charge is 0.226 e. The number of amides is 2. The molecule has 2 aromatic carbocycles. The van der Waals surface area contributed by atoms with Gasteiger partial charge in [0.25, 0.3) is 0 Å². The molecule has 0 fully saturated rings. The van der Waals surface area contributed by atoms with Crippen LogP contribution in [0, 0.1) is 0 Å². The van der Waals surface area contributed by atoms with Crippen LogP contribution in [0.15, 0.2) is 42.6 Å². The molecular weight excluding hydrogens is 380 g/mol. The van der Waals surface area contributed by atoms with Crippen molar-refractivity contribution >= 4 is 23.6 Å². The average molecular weight is 406 g/mol. The maximum absolute atomic E-state index is 13.0. The van der Waals surface area contributed by atoms with Crippen LogP contribution in [0.25, 0.3) is 6.08 Å². The number of carbonyl (C=O) groups is 2. The maximum atomic E-state index is 13.0. The summed E-state index contributed by atoms with van der Waals surface area (Å²) in [7, 11) is 0. The summed E-state index contributed by atoms with van der Waals surface area (Å²) in [6, 6.07) is 11.2. The summed E-state index contributed by atoms with van der Waals surface area (Å²) in [5, 5.41) is 2.97. The number of fused-ring (bicyclic) bond motifs is 2. The Morgan fingerprint density at radius 2 is 2.07 bits per heavy atom. The van der Waals surface area contributed by atoms with E-state index in [0.717, 1.165) is 28.9 Å². The standard InChI is InChI=1S/C24H26N2O4/c1-4-29-23-12-18-11-15(2)30-22(18)13-20(23)25-24(28)14-21-19-8-6-5-7-17(19)9-10-26(21)16(3)27/h5-10,12-13,15,21H,4,11,14H2,1-3H3,(H,25,28)/t15-,21+/m1/s1. The highest BCUT2D eigenvalue weighted by molar-refractivity contribution is 5.94. The number of hydrogen-bond donors (Lipinski definition) is 1. The molecule has 2 aromatic rings. The molecule has 1 N–H and O–H groups in total. The second kappa shape index (κ2) is 8.22. The zero-order chi connectivity index (χ0) is 21.3. The lowest BCUT2D eigenvalue weighted by atomic mass is 9.93. The molecule has 4 rings (SSSR count). The Kier molecular flexibility index (Phi) is 5.48. The third kappa shape index (κ3) is 3.90. The molecule has 2 amide bonds. The molecule has 6 nitrogen and oxygen atoms in total. The van der Waals surface area contributed by atoms with Crippen molar-refractivity contribution in [2.45, 2.75) is 45.8 Å². The summed E-state index contributed by atoms with van der Waals surface area (Å²) in [5.41, 5.74) is 3.64. The molecular formula is C24H26N2O4. The van der Waals surface area contributed by atoms with Crippen molar-refractivity contribution in [2.75, 3.05) is 11.9 Å². The summed E-state index contributed by atoms with van der Waals surface area (Å²) in [6.45, 7) is 5.93. The monoisotopic (exact) mass is 406 g/mol. The Morgan fingerprint density at radius 1 is 1.27 bits per heavy atom. The Balaban J connectivity index is 1.58. The van der Waals surface area contributed by atoms with Crippen molar-refractivity contribution in [1.29, 1.82) is 0 Å². The number of ether oxygens (including phenoxy) is 2. The van der Waals surface area contributed by atoms with Gasteiger partial charge in [-0.1, -0.05) is 24.3 Å². The van der Waals surface area contributed by atoms with E-state index in [4.69, 9.17) is 9.47 Å². The molecule has 0 aromatic heterocycles. The lowest BCUT2D eigenvalue weighted by molar-refractivity contribution is -0.129. The summed E-state index contributed by atoms with van der Waals surface area (Å²) < 4.78 is 11.6. The van der Waals surface area contributed by atoms with E-state index < -0.39 is 0 Å². The van der Waals surface area contributed by atoms with Crippen LogP contribution in [0.5, 0.6) is 11.5 Å². The zero-order valence-electron chi connectivity index (χ0n) is 17.5. The van der Waals surface area contributed by atoms with Gasteiger partial charge in [0, 0.05) is 31.2 Å². The van der Waals surface area contributed by atoms with Gasteiger partial charge in [0.15, 0.2) is 0 Å². The number of nitrogens with one attached hydrogen (secondary N) is 1. The summed E-state index contributed by atoms with van der Waals surface area (Å²) in [4.78, 5) is 26.8. The molecule has 0 bridgehead atoms. The molecule has 0 spiro atoms. The minimum absolute atomic E-state index is 0.103. The van der Waals surface area contributed by atoms with E-state index >= 15 is 0 Å². The van der Waals surface area contributed by atoms with Crippen molar-refractivity contribution in [3.63, 3.8) is 0 Å². The maximum Gasteiger partial charge on any atom is 0.226 e. The zero-order valence-corrected chi connectivity index (χ0v) is 17.5. The van der Waals surface area contributed by atoms with E-state index in [0.29, 0.717) is 18.0 Å². The fourth-order valence-electron chi connectivity index (χ4n) is 4.10. The van der Waals surface area contributed by atoms with Gasteiger partial charge >= 0.3 is 0 Å². The van der Waals surface area contributed by atoms with Crippen molar-refractivity contribution < 1.29 is 19.1 Å². The highest BCUT2D eigenvalue weighted by atomic mass is 16.5. The largest absolute Gasteiger partial charge is 0.492 e. The van der Waals surface area contributed by atoms with Gasteiger partial charge in [-0.3, -0.25) is 9.59 Å². The average Bonchev–Trinajstić information content (AvgIpc) is 3.07. The molecule has 0 radical (unpaired) electrons. The quantitative estimate of drug-likeness (QED) is 0.803. The number of anilines is 1. The van der Waals surface area contributed by atoms with Crippen LogP contribution in [-0.4, -0.2) is 29.4 Å². The van der Waals surface area contributed by atoms with Crippen LogP contribution in [0.4, 0.5) is 5.69 Å². The van der Waals surface area contributed by atoms with E-state index in [-0.39, 0.29) is 30.4 Å². The van der Waals surface area contributed by atoms with E-state index in [9.17, 15) is 9.59 Å². The van der Waals surface area contributed by atoms with Gasteiger partial charge < -0.3 is 19.7 Å². The van der Waals surface area contributed by atoms with Gasteiger partial charge in [0.2, 0.25) is 11.8 Å². The van der Waals surface area contributed by atoms with Gasteiger partial charge in [-0.25, -0.2) is 0 Å².